The van der Waals surface area contributed by atoms with Crippen molar-refractivity contribution in [2.45, 2.75) is 13.8 Å². The molecule has 0 N–H and O–H groups in total. The SMILES string of the molecule is C[CH-]C.[Gd]. The second-order valence-electron chi connectivity index (χ2n) is 0.577. The van der Waals surface area contributed by atoms with Crippen LogP contribution in [0.4, 0.5) is 0 Å². The van der Waals surface area contributed by atoms with Crippen LogP contribution in [-0.2, 0) is 0 Å². The van der Waals surface area contributed by atoms with Crippen molar-refractivity contribution >= 4 is 0 Å². The third kappa shape index (κ3) is 10.2. The van der Waals surface area contributed by atoms with Gasteiger partial charge in [-0.05, 0) is 0 Å². The average Bonchev–Trinajstić information content (AvgIpc) is 0.918. The van der Waals surface area contributed by atoms with Gasteiger partial charge in [0.05, 0.1) is 0 Å². The summed E-state index contributed by atoms with van der Waals surface area (Å²) in [6.45, 7) is 4.00. The fraction of sp³-hybridized carbons (Fsp3) is 0.667. The molecule has 28 valence electrons. The molecule has 0 rings (SSSR count). The van der Waals surface area contributed by atoms with E-state index in [0.717, 1.165) is 0 Å². The maximum atomic E-state index is 2.00. The zero-order valence-corrected chi connectivity index (χ0v) is 5.20. The molecule has 1 heteroatoms. The van der Waals surface area contributed by atoms with E-state index in [1.807, 2.05) is 20.3 Å². The first-order chi connectivity index (χ1) is 1.41. The molecule has 0 saturated heterocycles. The molecule has 0 saturated carbocycles. The topological polar surface area (TPSA) is 0 Å². The third-order valence-electron chi connectivity index (χ3n) is 0. The molecular weight excluding hydrogens is 193 g/mol. The van der Waals surface area contributed by atoms with Crippen molar-refractivity contribution in [3.05, 3.63) is 6.42 Å². The van der Waals surface area contributed by atoms with E-state index in [1.165, 1.54) is 0 Å². The van der Waals surface area contributed by atoms with E-state index >= 15 is 0 Å². The molecule has 0 aliphatic rings. The number of rotatable bonds is 0. The van der Waals surface area contributed by atoms with E-state index in [1.54, 1.807) is 0 Å². The predicted molar refractivity (Wildman–Crippen MR) is 15.6 cm³/mol. The van der Waals surface area contributed by atoms with Crippen molar-refractivity contribution in [3.63, 3.8) is 0 Å². The van der Waals surface area contributed by atoms with Crippen molar-refractivity contribution in [3.8, 4) is 0 Å². The molecule has 0 aliphatic carbocycles. The summed E-state index contributed by atoms with van der Waals surface area (Å²) in [6, 6.07) is 0. The Kier molecular flexibility index (Phi) is 19.9. The van der Waals surface area contributed by atoms with Gasteiger partial charge in [-0.25, -0.2) is 0 Å². The van der Waals surface area contributed by atoms with Gasteiger partial charge >= 0.3 is 0 Å². The van der Waals surface area contributed by atoms with Gasteiger partial charge in [-0.15, -0.1) is 0 Å². The van der Waals surface area contributed by atoms with Crippen molar-refractivity contribution in [2.75, 3.05) is 0 Å². The largest absolute Gasteiger partial charge is 0.335 e. The molecule has 0 spiro atoms. The minimum atomic E-state index is 0. The molecule has 0 aromatic carbocycles. The Morgan fingerprint density at radius 3 is 1.25 bits per heavy atom. The van der Waals surface area contributed by atoms with E-state index in [-0.39, 0.29) is 39.9 Å². The van der Waals surface area contributed by atoms with Crippen molar-refractivity contribution in [2.24, 2.45) is 0 Å². The van der Waals surface area contributed by atoms with Crippen LogP contribution in [0, 0.1) is 46.4 Å². The molecule has 0 aromatic rings. The van der Waals surface area contributed by atoms with Crippen molar-refractivity contribution in [1.29, 1.82) is 0 Å². The standard InChI is InChI=1S/C3H7.Gd/c1-3-2;/h3H,1-2H3;/q-1;. The van der Waals surface area contributed by atoms with Gasteiger partial charge in [0, 0.05) is 39.9 Å². The Morgan fingerprint density at radius 1 is 1.25 bits per heavy atom. The summed E-state index contributed by atoms with van der Waals surface area (Å²) in [5.41, 5.74) is 0. The first kappa shape index (κ1) is 9.01. The number of hydrogen-bond donors (Lipinski definition) is 0. The zero-order valence-electron chi connectivity index (χ0n) is 2.93. The fourth-order valence-electron chi connectivity index (χ4n) is 0. The molecule has 0 fully saturated rings. The van der Waals surface area contributed by atoms with E-state index in [0.29, 0.717) is 0 Å². The molecule has 0 heterocycles. The van der Waals surface area contributed by atoms with Crippen LogP contribution >= 0.6 is 0 Å². The van der Waals surface area contributed by atoms with Crippen LogP contribution in [-0.4, -0.2) is 0 Å². The van der Waals surface area contributed by atoms with Crippen molar-refractivity contribution < 1.29 is 39.9 Å². The second-order valence-corrected chi connectivity index (χ2v) is 0.577. The van der Waals surface area contributed by atoms with E-state index < -0.39 is 0 Å². The predicted octanol–water partition coefficient (Wildman–Crippen LogP) is 1.23. The van der Waals surface area contributed by atoms with Gasteiger partial charge in [0.2, 0.25) is 0 Å². The Morgan fingerprint density at radius 2 is 1.25 bits per heavy atom. The summed E-state index contributed by atoms with van der Waals surface area (Å²) in [7, 11) is 0. The minimum Gasteiger partial charge on any atom is -0.335 e. The van der Waals surface area contributed by atoms with Crippen LogP contribution in [0.25, 0.3) is 0 Å². The molecule has 0 unspecified atom stereocenters. The Labute approximate surface area is 59.7 Å². The molecule has 4 heavy (non-hydrogen) atoms. The molecule has 0 bridgehead atoms. The van der Waals surface area contributed by atoms with Gasteiger partial charge in [0.1, 0.15) is 0 Å². The Bertz CT molecular complexity index is 3.25. The summed E-state index contributed by atoms with van der Waals surface area (Å²) in [5.74, 6) is 0. The maximum absolute atomic E-state index is 2.00. The molecular formula is C3H7Gd-. The van der Waals surface area contributed by atoms with Gasteiger partial charge in [-0.2, -0.15) is 13.8 Å². The monoisotopic (exact) mass is 201 g/mol. The average molecular weight is 200 g/mol. The summed E-state index contributed by atoms with van der Waals surface area (Å²) in [5, 5.41) is 0. The van der Waals surface area contributed by atoms with Gasteiger partial charge in [0.15, 0.2) is 0 Å². The first-order valence-corrected chi connectivity index (χ1v) is 1.15. The van der Waals surface area contributed by atoms with Gasteiger partial charge in [0.25, 0.3) is 0 Å². The molecule has 0 aliphatic heterocycles. The molecule has 0 aromatic heterocycles. The summed E-state index contributed by atoms with van der Waals surface area (Å²) in [6.07, 6.45) is 2.00. The van der Waals surface area contributed by atoms with Gasteiger partial charge in [-0.1, -0.05) is 0 Å². The summed E-state index contributed by atoms with van der Waals surface area (Å²) in [4.78, 5) is 0. The normalized spacial score (nSPS) is 4.50. The minimum absolute atomic E-state index is 0. The van der Waals surface area contributed by atoms with Crippen LogP contribution < -0.4 is 0 Å². The Hall–Kier alpha value is 1.32. The molecule has 0 atom stereocenters. The van der Waals surface area contributed by atoms with Crippen LogP contribution in [0.3, 0.4) is 0 Å². The van der Waals surface area contributed by atoms with Crippen LogP contribution in [0.1, 0.15) is 13.8 Å². The molecule has 0 amide bonds. The smallest absolute Gasteiger partial charge is 0 e. The summed E-state index contributed by atoms with van der Waals surface area (Å²) >= 11 is 0. The zero-order chi connectivity index (χ0) is 2.71. The third-order valence-corrected chi connectivity index (χ3v) is 0. The van der Waals surface area contributed by atoms with E-state index in [9.17, 15) is 0 Å². The van der Waals surface area contributed by atoms with E-state index in [4.69, 9.17) is 0 Å². The van der Waals surface area contributed by atoms with Crippen molar-refractivity contribution in [1.82, 2.24) is 0 Å². The maximum Gasteiger partial charge on any atom is 0 e. The van der Waals surface area contributed by atoms with E-state index in [2.05, 4.69) is 0 Å². The fourth-order valence-corrected chi connectivity index (χ4v) is 0. The van der Waals surface area contributed by atoms with Crippen LogP contribution in [0.15, 0.2) is 0 Å². The van der Waals surface area contributed by atoms with Crippen LogP contribution in [0.2, 0.25) is 0 Å². The molecule has 0 nitrogen and oxygen atoms in total. The quantitative estimate of drug-likeness (QED) is 0.516. The van der Waals surface area contributed by atoms with Crippen LogP contribution in [0.5, 0.6) is 0 Å². The van der Waals surface area contributed by atoms with Gasteiger partial charge in [-0.3, -0.25) is 0 Å². The molecule has 0 radical (unpaired) electrons. The first-order valence-electron chi connectivity index (χ1n) is 1.15. The summed E-state index contributed by atoms with van der Waals surface area (Å²) < 4.78 is 0. The number of hydrogen-bond acceptors (Lipinski definition) is 0. The van der Waals surface area contributed by atoms with Gasteiger partial charge < -0.3 is 6.42 Å². The Balaban J connectivity index is 0. The second kappa shape index (κ2) is 8.85.